The molecule has 2 aliphatic rings. The maximum absolute atomic E-state index is 10.9. The van der Waals surface area contributed by atoms with Gasteiger partial charge in [-0.15, -0.1) is 10.2 Å². The van der Waals surface area contributed by atoms with Crippen molar-refractivity contribution in [3.63, 3.8) is 0 Å². The number of non-ortho nitro benzene ring substituents is 1. The van der Waals surface area contributed by atoms with Gasteiger partial charge in [-0.1, -0.05) is 0 Å². The molecule has 0 unspecified atom stereocenters. The van der Waals surface area contributed by atoms with E-state index in [1.54, 1.807) is 12.1 Å². The van der Waals surface area contributed by atoms with Gasteiger partial charge in [0.05, 0.1) is 10.6 Å². The summed E-state index contributed by atoms with van der Waals surface area (Å²) in [6, 6.07) is 5.58. The van der Waals surface area contributed by atoms with E-state index in [0.29, 0.717) is 12.0 Å². The smallest absolute Gasteiger partial charge is 0.270 e. The van der Waals surface area contributed by atoms with Gasteiger partial charge >= 0.3 is 0 Å². The quantitative estimate of drug-likeness (QED) is 0.586. The first-order valence-electron chi connectivity index (χ1n) is 8.22. The summed E-state index contributed by atoms with van der Waals surface area (Å²) in [5, 5.41) is 19.3. The molecule has 126 valence electrons. The fourth-order valence-corrected chi connectivity index (χ4v) is 4.04. The Morgan fingerprint density at radius 2 is 1.96 bits per heavy atom. The molecular weight excluding hydrogens is 374 g/mol. The number of rotatable bonds is 4. The lowest BCUT2D eigenvalue weighted by Crippen LogP contribution is -2.33. The van der Waals surface area contributed by atoms with Crippen LogP contribution in [0.3, 0.4) is 0 Å². The lowest BCUT2D eigenvalue weighted by atomic mass is 9.95. The van der Waals surface area contributed by atoms with Crippen molar-refractivity contribution in [2.24, 2.45) is 0 Å². The van der Waals surface area contributed by atoms with Crippen LogP contribution in [0.1, 0.15) is 43.5 Å². The van der Waals surface area contributed by atoms with Gasteiger partial charge in [-0.2, -0.15) is 0 Å². The number of benzene rings is 1. The zero-order valence-electron chi connectivity index (χ0n) is 13.1. The number of piperidine rings is 1. The molecule has 0 spiro atoms. The second kappa shape index (κ2) is 6.16. The van der Waals surface area contributed by atoms with Crippen LogP contribution >= 0.6 is 15.9 Å². The number of hydrogen-bond acceptors (Lipinski definition) is 5. The van der Waals surface area contributed by atoms with Crippen molar-refractivity contribution in [2.45, 2.75) is 37.6 Å². The third-order valence-electron chi connectivity index (χ3n) is 4.88. The number of nitro benzene ring substituents is 1. The van der Waals surface area contributed by atoms with Crippen LogP contribution in [0.2, 0.25) is 0 Å². The Kier molecular flexibility index (Phi) is 3.99. The maximum atomic E-state index is 10.9. The summed E-state index contributed by atoms with van der Waals surface area (Å²) in [5.41, 5.74) is 1.13. The van der Waals surface area contributed by atoms with Crippen molar-refractivity contribution >= 4 is 27.3 Å². The molecule has 0 radical (unpaired) electrons. The Labute approximate surface area is 148 Å². The largest absolute Gasteiger partial charge is 0.371 e. The normalized spacial score (nSPS) is 18.8. The van der Waals surface area contributed by atoms with Crippen LogP contribution in [0.25, 0.3) is 0 Å². The van der Waals surface area contributed by atoms with Gasteiger partial charge in [0.1, 0.15) is 12.2 Å². The second-order valence-corrected chi connectivity index (χ2v) is 7.34. The fraction of sp³-hybridized carbons (Fsp3) is 0.500. The van der Waals surface area contributed by atoms with E-state index < -0.39 is 0 Å². The Morgan fingerprint density at radius 3 is 2.58 bits per heavy atom. The third kappa shape index (κ3) is 2.90. The summed E-state index contributed by atoms with van der Waals surface area (Å²) in [5.74, 6) is 1.57. The third-order valence-corrected chi connectivity index (χ3v) is 5.52. The van der Waals surface area contributed by atoms with E-state index in [9.17, 15) is 10.1 Å². The lowest BCUT2D eigenvalue weighted by molar-refractivity contribution is -0.384. The van der Waals surface area contributed by atoms with Crippen LogP contribution in [-0.2, 0) is 0 Å². The van der Waals surface area contributed by atoms with Gasteiger partial charge in [0, 0.05) is 41.7 Å². The number of aromatic nitrogens is 3. The van der Waals surface area contributed by atoms with Crippen LogP contribution in [0.4, 0.5) is 11.4 Å². The predicted molar refractivity (Wildman–Crippen MR) is 93.3 cm³/mol. The minimum atomic E-state index is -0.370. The summed E-state index contributed by atoms with van der Waals surface area (Å²) < 4.78 is 3.03. The lowest BCUT2D eigenvalue weighted by Gasteiger charge is -2.33. The summed E-state index contributed by atoms with van der Waals surface area (Å²) in [7, 11) is 0. The topological polar surface area (TPSA) is 77.1 Å². The van der Waals surface area contributed by atoms with Crippen molar-refractivity contribution in [1.82, 2.24) is 14.8 Å². The molecule has 2 aromatic rings. The molecule has 1 saturated heterocycles. The molecular formula is C16H18BrN5O2. The Hall–Kier alpha value is -1.96. The van der Waals surface area contributed by atoms with Crippen molar-refractivity contribution in [2.75, 3.05) is 18.0 Å². The molecule has 1 aromatic heterocycles. The number of hydrogen-bond donors (Lipinski definition) is 0. The maximum Gasteiger partial charge on any atom is 0.270 e. The number of nitro groups is 1. The average molecular weight is 392 g/mol. The molecule has 2 fully saturated rings. The molecule has 2 heterocycles. The molecule has 4 rings (SSSR count). The summed E-state index contributed by atoms with van der Waals surface area (Å²) in [6.07, 6.45) is 6.38. The van der Waals surface area contributed by atoms with Crippen LogP contribution < -0.4 is 4.90 Å². The van der Waals surface area contributed by atoms with Crippen molar-refractivity contribution in [3.8, 4) is 0 Å². The summed E-state index contributed by atoms with van der Waals surface area (Å²) >= 11 is 3.47. The van der Waals surface area contributed by atoms with E-state index in [1.165, 1.54) is 12.8 Å². The number of nitrogens with zero attached hydrogens (tertiary/aromatic N) is 5. The van der Waals surface area contributed by atoms with Crippen LogP contribution in [-0.4, -0.2) is 32.8 Å². The summed E-state index contributed by atoms with van der Waals surface area (Å²) in [6.45, 7) is 1.83. The predicted octanol–water partition coefficient (Wildman–Crippen LogP) is 3.67. The first-order chi connectivity index (χ1) is 11.6. The van der Waals surface area contributed by atoms with E-state index in [-0.39, 0.29) is 10.6 Å². The Balaban J connectivity index is 1.46. The first kappa shape index (κ1) is 15.6. The van der Waals surface area contributed by atoms with Crippen molar-refractivity contribution < 1.29 is 4.92 Å². The molecule has 0 amide bonds. The highest BCUT2D eigenvalue weighted by molar-refractivity contribution is 9.10. The van der Waals surface area contributed by atoms with Gasteiger partial charge in [-0.05, 0) is 47.7 Å². The molecule has 1 saturated carbocycles. The number of halogens is 1. The standard InChI is InChI=1S/C16H18BrN5O2/c17-14-9-13(22(23)24)3-4-15(14)20-7-5-11(6-8-20)16-19-18-10-21(16)12-1-2-12/h3-4,9-12H,1-2,5-8H2. The molecule has 1 aromatic carbocycles. The van der Waals surface area contributed by atoms with Gasteiger partial charge < -0.3 is 9.47 Å². The highest BCUT2D eigenvalue weighted by atomic mass is 79.9. The minimum absolute atomic E-state index is 0.109. The Bertz CT molecular complexity index is 766. The van der Waals surface area contributed by atoms with E-state index in [1.807, 2.05) is 12.4 Å². The summed E-state index contributed by atoms with van der Waals surface area (Å²) in [4.78, 5) is 12.8. The van der Waals surface area contributed by atoms with Gasteiger partial charge in [0.15, 0.2) is 0 Å². The van der Waals surface area contributed by atoms with E-state index >= 15 is 0 Å². The highest BCUT2D eigenvalue weighted by Crippen LogP contribution is 2.39. The molecule has 0 atom stereocenters. The highest BCUT2D eigenvalue weighted by Gasteiger charge is 2.31. The first-order valence-corrected chi connectivity index (χ1v) is 9.01. The Morgan fingerprint density at radius 1 is 1.21 bits per heavy atom. The molecule has 8 heteroatoms. The van der Waals surface area contributed by atoms with Crippen LogP contribution in [0, 0.1) is 10.1 Å². The van der Waals surface area contributed by atoms with Crippen molar-refractivity contribution in [1.29, 1.82) is 0 Å². The monoisotopic (exact) mass is 391 g/mol. The van der Waals surface area contributed by atoms with Gasteiger partial charge in [-0.3, -0.25) is 10.1 Å². The van der Waals surface area contributed by atoms with Gasteiger partial charge in [0.2, 0.25) is 0 Å². The molecule has 1 aliphatic heterocycles. The molecule has 24 heavy (non-hydrogen) atoms. The van der Waals surface area contributed by atoms with Crippen molar-refractivity contribution in [3.05, 3.63) is 44.9 Å². The van der Waals surface area contributed by atoms with Crippen LogP contribution in [0.15, 0.2) is 29.0 Å². The molecule has 1 aliphatic carbocycles. The average Bonchev–Trinajstić information content (AvgIpc) is 3.32. The SMILES string of the molecule is O=[N+]([O-])c1ccc(N2CCC(c3nncn3C3CC3)CC2)c(Br)c1. The number of anilines is 1. The molecule has 0 bridgehead atoms. The zero-order valence-corrected chi connectivity index (χ0v) is 14.7. The van der Waals surface area contributed by atoms with Gasteiger partial charge in [-0.25, -0.2) is 0 Å². The van der Waals surface area contributed by atoms with E-state index in [4.69, 9.17) is 0 Å². The van der Waals surface area contributed by atoms with E-state index in [0.717, 1.165) is 41.9 Å². The van der Waals surface area contributed by atoms with Gasteiger partial charge in [0.25, 0.3) is 5.69 Å². The molecule has 7 nitrogen and oxygen atoms in total. The minimum Gasteiger partial charge on any atom is -0.371 e. The fourth-order valence-electron chi connectivity index (χ4n) is 3.42. The van der Waals surface area contributed by atoms with Crippen LogP contribution in [0.5, 0.6) is 0 Å². The second-order valence-electron chi connectivity index (χ2n) is 6.48. The molecule has 0 N–H and O–H groups in total. The zero-order chi connectivity index (χ0) is 16.7. The van der Waals surface area contributed by atoms with E-state index in [2.05, 4.69) is 35.6 Å².